The van der Waals surface area contributed by atoms with Gasteiger partial charge in [0.25, 0.3) is 0 Å². The fraction of sp³-hybridized carbons (Fsp3) is 1.00. The van der Waals surface area contributed by atoms with Crippen molar-refractivity contribution in [2.75, 3.05) is 32.1 Å². The van der Waals surface area contributed by atoms with Gasteiger partial charge in [0, 0.05) is 26.4 Å². The van der Waals surface area contributed by atoms with Crippen LogP contribution in [0.15, 0.2) is 0 Å². The molecule has 5 nitrogen and oxygen atoms in total. The maximum atomic E-state index is 11.2. The van der Waals surface area contributed by atoms with Crippen LogP contribution in [0.25, 0.3) is 0 Å². The minimum atomic E-state index is -3.20. The van der Waals surface area contributed by atoms with Gasteiger partial charge in [0.2, 0.25) is 10.0 Å². The van der Waals surface area contributed by atoms with E-state index in [1.165, 1.54) is 0 Å². The van der Waals surface area contributed by atoms with Gasteiger partial charge in [-0.05, 0) is 19.3 Å². The number of rotatable bonds is 10. The number of sulfonamides is 1. The minimum Gasteiger partial charge on any atom is -0.396 e. The van der Waals surface area contributed by atoms with Crippen molar-refractivity contribution in [1.82, 2.24) is 4.72 Å². The van der Waals surface area contributed by atoms with Gasteiger partial charge >= 0.3 is 0 Å². The fourth-order valence-corrected chi connectivity index (χ4v) is 2.08. The second-order valence-corrected chi connectivity index (χ2v) is 5.18. The van der Waals surface area contributed by atoms with Crippen LogP contribution in [0.1, 0.15) is 26.2 Å². The molecule has 2 N–H and O–H groups in total. The Morgan fingerprint density at radius 2 is 2.00 bits per heavy atom. The molecule has 0 radical (unpaired) electrons. The third-order valence-electron chi connectivity index (χ3n) is 1.71. The number of ether oxygens (including phenoxy) is 1. The van der Waals surface area contributed by atoms with Gasteiger partial charge < -0.3 is 9.84 Å². The Bertz CT molecular complexity index is 228. The smallest absolute Gasteiger partial charge is 0.211 e. The van der Waals surface area contributed by atoms with Gasteiger partial charge in [-0.3, -0.25) is 0 Å². The second-order valence-electron chi connectivity index (χ2n) is 3.26. The van der Waals surface area contributed by atoms with E-state index in [2.05, 4.69) is 4.72 Å². The molecule has 0 amide bonds. The Kier molecular flexibility index (Phi) is 8.98. The molecule has 15 heavy (non-hydrogen) atoms. The van der Waals surface area contributed by atoms with Crippen molar-refractivity contribution in [3.63, 3.8) is 0 Å². The molecule has 0 aromatic carbocycles. The summed E-state index contributed by atoms with van der Waals surface area (Å²) in [6.07, 6.45) is 1.93. The van der Waals surface area contributed by atoms with E-state index >= 15 is 0 Å². The van der Waals surface area contributed by atoms with Crippen molar-refractivity contribution >= 4 is 10.0 Å². The highest BCUT2D eigenvalue weighted by Crippen LogP contribution is 1.90. The number of aliphatic hydroxyl groups is 1. The molecule has 92 valence electrons. The van der Waals surface area contributed by atoms with E-state index in [1.807, 2.05) is 6.92 Å². The predicted octanol–water partition coefficient (Wildman–Crippen LogP) is 0.105. The normalized spacial score (nSPS) is 11.9. The van der Waals surface area contributed by atoms with Crippen LogP contribution in [-0.2, 0) is 14.8 Å². The zero-order chi connectivity index (χ0) is 11.6. The molecule has 0 unspecified atom stereocenters. The molecule has 0 aliphatic rings. The minimum absolute atomic E-state index is 0.0146. The number of hydrogen-bond donors (Lipinski definition) is 2. The predicted molar refractivity (Wildman–Crippen MR) is 59.2 cm³/mol. The highest BCUT2D eigenvalue weighted by atomic mass is 32.2. The van der Waals surface area contributed by atoms with E-state index in [0.29, 0.717) is 19.6 Å². The van der Waals surface area contributed by atoms with E-state index in [0.717, 1.165) is 13.0 Å². The number of hydrogen-bond acceptors (Lipinski definition) is 4. The van der Waals surface area contributed by atoms with Gasteiger partial charge in [0.05, 0.1) is 5.75 Å². The van der Waals surface area contributed by atoms with E-state index < -0.39 is 10.0 Å². The summed E-state index contributed by atoms with van der Waals surface area (Å²) in [5.41, 5.74) is 0. The van der Waals surface area contributed by atoms with Crippen molar-refractivity contribution in [2.45, 2.75) is 26.2 Å². The molecule has 0 bridgehead atoms. The topological polar surface area (TPSA) is 75.6 Å². The molecule has 0 spiro atoms. The van der Waals surface area contributed by atoms with Crippen LogP contribution in [0.3, 0.4) is 0 Å². The fourth-order valence-electron chi connectivity index (χ4n) is 0.975. The molecule has 0 aromatic heterocycles. The highest BCUT2D eigenvalue weighted by Gasteiger charge is 2.07. The first kappa shape index (κ1) is 14.8. The average Bonchev–Trinajstić information content (AvgIpc) is 2.20. The number of nitrogens with one attached hydrogen (secondary N) is 1. The molecule has 0 aliphatic carbocycles. The monoisotopic (exact) mass is 239 g/mol. The van der Waals surface area contributed by atoms with Crippen LogP contribution in [0.2, 0.25) is 0 Å². The zero-order valence-corrected chi connectivity index (χ0v) is 10.1. The standard InChI is InChI=1S/C9H21NO4S/c1-2-7-14-8-3-5-10-15(12,13)9-4-6-11/h10-11H,2-9H2,1H3. The third kappa shape index (κ3) is 10.1. The van der Waals surface area contributed by atoms with Crippen molar-refractivity contribution < 1.29 is 18.3 Å². The molecule has 0 rings (SSSR count). The molecule has 0 heterocycles. The summed E-state index contributed by atoms with van der Waals surface area (Å²) >= 11 is 0. The molecular formula is C9H21NO4S. The first-order valence-corrected chi connectivity index (χ1v) is 6.93. The Balaban J connectivity index is 3.41. The first-order chi connectivity index (χ1) is 7.12. The SMILES string of the molecule is CCCOCCCNS(=O)(=O)CCCO. The lowest BCUT2D eigenvalue weighted by atomic mass is 10.4. The summed E-state index contributed by atoms with van der Waals surface area (Å²) in [5, 5.41) is 8.49. The second kappa shape index (κ2) is 9.08. The Labute approximate surface area is 91.9 Å². The largest absolute Gasteiger partial charge is 0.396 e. The van der Waals surface area contributed by atoms with Crippen LogP contribution in [0, 0.1) is 0 Å². The number of aliphatic hydroxyl groups excluding tert-OH is 1. The van der Waals surface area contributed by atoms with Crippen LogP contribution in [-0.4, -0.2) is 45.6 Å². The maximum Gasteiger partial charge on any atom is 0.211 e. The van der Waals surface area contributed by atoms with Crippen LogP contribution in [0.5, 0.6) is 0 Å². The van der Waals surface area contributed by atoms with Crippen molar-refractivity contribution in [2.24, 2.45) is 0 Å². The van der Waals surface area contributed by atoms with Gasteiger partial charge in [-0.15, -0.1) is 0 Å². The molecular weight excluding hydrogens is 218 g/mol. The van der Waals surface area contributed by atoms with E-state index in [1.54, 1.807) is 0 Å². The molecule has 0 fully saturated rings. The summed E-state index contributed by atoms with van der Waals surface area (Å²) in [6.45, 7) is 3.63. The van der Waals surface area contributed by atoms with Gasteiger partial charge in [-0.2, -0.15) is 0 Å². The summed E-state index contributed by atoms with van der Waals surface area (Å²) < 4.78 is 30.1. The van der Waals surface area contributed by atoms with Gasteiger partial charge in [0.1, 0.15) is 0 Å². The Morgan fingerprint density at radius 3 is 2.60 bits per heavy atom. The molecule has 6 heteroatoms. The van der Waals surface area contributed by atoms with Gasteiger partial charge in [-0.25, -0.2) is 13.1 Å². The van der Waals surface area contributed by atoms with Gasteiger partial charge in [-0.1, -0.05) is 6.92 Å². The van der Waals surface area contributed by atoms with Gasteiger partial charge in [0.15, 0.2) is 0 Å². The zero-order valence-electron chi connectivity index (χ0n) is 9.24. The lowest BCUT2D eigenvalue weighted by Crippen LogP contribution is -2.28. The summed E-state index contributed by atoms with van der Waals surface area (Å²) in [4.78, 5) is 0. The maximum absolute atomic E-state index is 11.2. The lowest BCUT2D eigenvalue weighted by molar-refractivity contribution is 0.133. The molecule has 0 aliphatic heterocycles. The van der Waals surface area contributed by atoms with Crippen LogP contribution < -0.4 is 4.72 Å². The molecule has 0 atom stereocenters. The first-order valence-electron chi connectivity index (χ1n) is 5.28. The van der Waals surface area contributed by atoms with Crippen molar-refractivity contribution in [1.29, 1.82) is 0 Å². The quantitative estimate of drug-likeness (QED) is 0.530. The van der Waals surface area contributed by atoms with Crippen molar-refractivity contribution in [3.8, 4) is 0 Å². The third-order valence-corrected chi connectivity index (χ3v) is 3.18. The Morgan fingerprint density at radius 1 is 1.27 bits per heavy atom. The summed E-state index contributed by atoms with van der Waals surface area (Å²) in [5.74, 6) is -0.0146. The highest BCUT2D eigenvalue weighted by molar-refractivity contribution is 7.89. The van der Waals surface area contributed by atoms with Crippen molar-refractivity contribution in [3.05, 3.63) is 0 Å². The van der Waals surface area contributed by atoms with E-state index in [9.17, 15) is 8.42 Å². The average molecular weight is 239 g/mol. The Hall–Kier alpha value is -0.170. The summed E-state index contributed by atoms with van der Waals surface area (Å²) in [7, 11) is -3.20. The molecule has 0 saturated carbocycles. The van der Waals surface area contributed by atoms with Crippen LogP contribution >= 0.6 is 0 Å². The van der Waals surface area contributed by atoms with E-state index in [4.69, 9.17) is 9.84 Å². The van der Waals surface area contributed by atoms with E-state index in [-0.39, 0.29) is 18.8 Å². The molecule has 0 saturated heterocycles. The van der Waals surface area contributed by atoms with Crippen LogP contribution in [0.4, 0.5) is 0 Å². The summed E-state index contributed by atoms with van der Waals surface area (Å²) in [6, 6.07) is 0. The molecule has 0 aromatic rings. The lowest BCUT2D eigenvalue weighted by Gasteiger charge is -2.06.